The third-order valence-electron chi connectivity index (χ3n) is 2.22. The zero-order chi connectivity index (χ0) is 14.3. The number of nitrogens with one attached hydrogen (secondary N) is 1. The lowest BCUT2D eigenvalue weighted by Gasteiger charge is -2.19. The molecule has 1 heterocycles. The Hall–Kier alpha value is -1.84. The van der Waals surface area contributed by atoms with Gasteiger partial charge < -0.3 is 10.1 Å². The molecule has 0 saturated carbocycles. The number of ether oxygens (including phenoxy) is 1. The Morgan fingerprint density at radius 3 is 2.74 bits per heavy atom. The van der Waals surface area contributed by atoms with E-state index in [0.717, 1.165) is 17.7 Å². The van der Waals surface area contributed by atoms with E-state index in [1.54, 1.807) is 0 Å². The van der Waals surface area contributed by atoms with E-state index >= 15 is 0 Å². The van der Waals surface area contributed by atoms with E-state index in [2.05, 4.69) is 10.3 Å². The van der Waals surface area contributed by atoms with Crippen LogP contribution in [0.4, 0.5) is 4.79 Å². The summed E-state index contributed by atoms with van der Waals surface area (Å²) >= 11 is 0. The first-order valence-corrected chi connectivity index (χ1v) is 6.43. The van der Waals surface area contributed by atoms with Crippen molar-refractivity contribution in [2.75, 3.05) is 6.54 Å². The molecule has 4 heteroatoms. The van der Waals surface area contributed by atoms with E-state index in [1.165, 1.54) is 0 Å². The number of aryl methyl sites for hydroxylation is 1. The number of hydrogen-bond donors (Lipinski definition) is 1. The Labute approximate surface area is 114 Å². The molecule has 0 aromatic carbocycles. The second-order valence-electron chi connectivity index (χ2n) is 5.35. The van der Waals surface area contributed by atoms with Gasteiger partial charge in [-0.15, -0.1) is 0 Å². The molecule has 0 unspecified atom stereocenters. The largest absolute Gasteiger partial charge is 0.444 e. The van der Waals surface area contributed by atoms with Crippen LogP contribution in [0.1, 0.15) is 38.4 Å². The van der Waals surface area contributed by atoms with Crippen molar-refractivity contribution in [3.05, 3.63) is 35.7 Å². The molecule has 1 rings (SSSR count). The van der Waals surface area contributed by atoms with Gasteiger partial charge in [-0.3, -0.25) is 4.98 Å². The molecule has 1 aromatic heterocycles. The molecule has 19 heavy (non-hydrogen) atoms. The van der Waals surface area contributed by atoms with Crippen molar-refractivity contribution < 1.29 is 9.53 Å². The van der Waals surface area contributed by atoms with Gasteiger partial charge in [0.05, 0.1) is 0 Å². The lowest BCUT2D eigenvalue weighted by molar-refractivity contribution is 0.0529. The number of carbonyl (C=O) groups excluding carboxylic acids is 1. The van der Waals surface area contributed by atoms with Gasteiger partial charge in [-0.2, -0.15) is 0 Å². The average molecular weight is 262 g/mol. The summed E-state index contributed by atoms with van der Waals surface area (Å²) in [6.45, 7) is 8.05. The van der Waals surface area contributed by atoms with Gasteiger partial charge in [0, 0.05) is 18.4 Å². The molecule has 0 aliphatic carbocycles. The predicted octanol–water partition coefficient (Wildman–Crippen LogP) is 3.32. The van der Waals surface area contributed by atoms with Gasteiger partial charge in [0.1, 0.15) is 5.60 Å². The van der Waals surface area contributed by atoms with Crippen molar-refractivity contribution in [1.29, 1.82) is 0 Å². The van der Waals surface area contributed by atoms with Crippen molar-refractivity contribution in [1.82, 2.24) is 10.3 Å². The second-order valence-corrected chi connectivity index (χ2v) is 5.35. The molecule has 0 saturated heterocycles. The molecule has 0 aliphatic rings. The highest BCUT2D eigenvalue weighted by Gasteiger charge is 2.14. The Morgan fingerprint density at radius 2 is 2.16 bits per heavy atom. The minimum Gasteiger partial charge on any atom is -0.444 e. The second kappa shape index (κ2) is 6.92. The molecule has 1 N–H and O–H groups in total. The van der Waals surface area contributed by atoms with E-state index in [0.29, 0.717) is 6.54 Å². The summed E-state index contributed by atoms with van der Waals surface area (Å²) in [6.07, 6.45) is 6.20. The minimum atomic E-state index is -0.451. The van der Waals surface area contributed by atoms with Crippen LogP contribution in [0.25, 0.3) is 6.08 Å². The van der Waals surface area contributed by atoms with E-state index < -0.39 is 5.60 Å². The molecular weight excluding hydrogens is 240 g/mol. The highest BCUT2D eigenvalue weighted by atomic mass is 16.6. The first-order valence-electron chi connectivity index (χ1n) is 6.43. The summed E-state index contributed by atoms with van der Waals surface area (Å²) in [7, 11) is 0. The first kappa shape index (κ1) is 15.2. The maximum atomic E-state index is 11.4. The highest BCUT2D eigenvalue weighted by molar-refractivity contribution is 5.67. The fraction of sp³-hybridized carbons (Fsp3) is 0.467. The number of hydrogen-bond acceptors (Lipinski definition) is 3. The predicted molar refractivity (Wildman–Crippen MR) is 76.9 cm³/mol. The van der Waals surface area contributed by atoms with Crippen molar-refractivity contribution >= 4 is 12.2 Å². The normalized spacial score (nSPS) is 11.6. The van der Waals surface area contributed by atoms with Crippen LogP contribution >= 0.6 is 0 Å². The fourth-order valence-electron chi connectivity index (χ4n) is 1.37. The molecule has 0 fully saturated rings. The highest BCUT2D eigenvalue weighted by Crippen LogP contribution is 2.06. The van der Waals surface area contributed by atoms with Gasteiger partial charge in [-0.05, 0) is 45.7 Å². The van der Waals surface area contributed by atoms with E-state index in [1.807, 2.05) is 58.2 Å². The number of aromatic nitrogens is 1. The van der Waals surface area contributed by atoms with Gasteiger partial charge in [0.25, 0.3) is 0 Å². The van der Waals surface area contributed by atoms with Gasteiger partial charge in [0.15, 0.2) is 0 Å². The Kier molecular flexibility index (Phi) is 5.55. The molecule has 104 valence electrons. The lowest BCUT2D eigenvalue weighted by atomic mass is 10.2. The van der Waals surface area contributed by atoms with Gasteiger partial charge >= 0.3 is 6.09 Å². The monoisotopic (exact) mass is 262 g/mol. The summed E-state index contributed by atoms with van der Waals surface area (Å²) in [5.74, 6) is 0. The lowest BCUT2D eigenvalue weighted by Crippen LogP contribution is -2.32. The van der Waals surface area contributed by atoms with Crippen LogP contribution in [0.5, 0.6) is 0 Å². The molecule has 0 spiro atoms. The van der Waals surface area contributed by atoms with Crippen LogP contribution in [0, 0.1) is 6.92 Å². The fourth-order valence-corrected chi connectivity index (χ4v) is 1.37. The molecule has 0 aliphatic heterocycles. The van der Waals surface area contributed by atoms with Crippen LogP contribution in [0.2, 0.25) is 0 Å². The molecule has 4 nitrogen and oxygen atoms in total. The Bertz CT molecular complexity index is 430. The first-order chi connectivity index (χ1) is 8.87. The molecular formula is C15H22N2O2. The molecule has 0 radical (unpaired) electrons. The zero-order valence-electron chi connectivity index (χ0n) is 12.1. The molecule has 0 bridgehead atoms. The van der Waals surface area contributed by atoms with Crippen LogP contribution < -0.4 is 5.32 Å². The van der Waals surface area contributed by atoms with Crippen molar-refractivity contribution in [2.24, 2.45) is 0 Å². The van der Waals surface area contributed by atoms with E-state index in [4.69, 9.17) is 4.74 Å². The molecule has 0 atom stereocenters. The summed E-state index contributed by atoms with van der Waals surface area (Å²) in [4.78, 5) is 15.6. The third-order valence-corrected chi connectivity index (χ3v) is 2.22. The molecule has 1 aromatic rings. The van der Waals surface area contributed by atoms with Crippen LogP contribution in [0.3, 0.4) is 0 Å². The van der Waals surface area contributed by atoms with Crippen molar-refractivity contribution in [3.63, 3.8) is 0 Å². The Balaban J connectivity index is 2.24. The topological polar surface area (TPSA) is 51.2 Å². The summed E-state index contributed by atoms with van der Waals surface area (Å²) in [6, 6.07) is 3.98. The maximum Gasteiger partial charge on any atom is 0.407 e. The number of amides is 1. The minimum absolute atomic E-state index is 0.377. The maximum absolute atomic E-state index is 11.4. The third kappa shape index (κ3) is 7.24. The number of nitrogens with zero attached hydrogens (tertiary/aromatic N) is 1. The number of pyridine rings is 1. The van der Waals surface area contributed by atoms with E-state index in [9.17, 15) is 4.79 Å². The van der Waals surface area contributed by atoms with Crippen LogP contribution in [0.15, 0.2) is 24.4 Å². The van der Waals surface area contributed by atoms with Crippen molar-refractivity contribution in [2.45, 2.75) is 39.7 Å². The van der Waals surface area contributed by atoms with Gasteiger partial charge in [0.2, 0.25) is 0 Å². The van der Waals surface area contributed by atoms with E-state index in [-0.39, 0.29) is 6.09 Å². The van der Waals surface area contributed by atoms with Gasteiger partial charge in [-0.1, -0.05) is 18.2 Å². The van der Waals surface area contributed by atoms with Crippen molar-refractivity contribution in [3.8, 4) is 0 Å². The van der Waals surface area contributed by atoms with Gasteiger partial charge in [-0.25, -0.2) is 4.79 Å². The number of rotatable bonds is 4. The number of carbonyl (C=O) groups is 1. The van der Waals surface area contributed by atoms with Crippen LogP contribution in [-0.2, 0) is 4.74 Å². The summed E-state index contributed by atoms with van der Waals surface area (Å²) in [5, 5.41) is 2.71. The average Bonchev–Trinajstić information content (AvgIpc) is 2.29. The summed E-state index contributed by atoms with van der Waals surface area (Å²) in [5.41, 5.74) is 1.61. The quantitative estimate of drug-likeness (QED) is 0.847. The number of alkyl carbamates (subject to hydrolysis) is 1. The summed E-state index contributed by atoms with van der Waals surface area (Å²) < 4.78 is 5.13. The van der Waals surface area contributed by atoms with Crippen LogP contribution in [-0.4, -0.2) is 23.2 Å². The zero-order valence-corrected chi connectivity index (χ0v) is 12.1. The smallest absolute Gasteiger partial charge is 0.407 e. The standard InChI is InChI=1S/C15H22N2O2/c1-12-8-9-13(11-17-12)7-5-6-10-16-14(18)19-15(2,3)4/h5,7-9,11H,6,10H2,1-4H3,(H,16,18). The SMILES string of the molecule is Cc1ccc(C=CCCNC(=O)OC(C)(C)C)cn1. The Morgan fingerprint density at radius 1 is 1.42 bits per heavy atom. The molecule has 1 amide bonds.